The van der Waals surface area contributed by atoms with Gasteiger partial charge < -0.3 is 5.11 Å². The fourth-order valence-corrected chi connectivity index (χ4v) is 4.10. The van der Waals surface area contributed by atoms with Gasteiger partial charge in [0.25, 0.3) is 0 Å². The summed E-state index contributed by atoms with van der Waals surface area (Å²) >= 11 is 7.11. The summed E-state index contributed by atoms with van der Waals surface area (Å²) in [6.45, 7) is 3.27. The fourth-order valence-electron chi connectivity index (χ4n) is 2.62. The Morgan fingerprint density at radius 2 is 1.78 bits per heavy atom. The number of carbonyl (C=O) groups is 1. The highest BCUT2D eigenvalue weighted by Crippen LogP contribution is 2.40. The number of phenolic OH excluding ortho intramolecular Hbond substituents is 1. The van der Waals surface area contributed by atoms with Crippen molar-refractivity contribution in [3.63, 3.8) is 0 Å². The molecule has 118 valence electrons. The average molecular weight is 353 g/mol. The second-order valence-electron chi connectivity index (χ2n) is 5.26. The number of ketones is 1. The molecule has 0 amide bonds. The average Bonchev–Trinajstić information content (AvgIpc) is 2.79. The van der Waals surface area contributed by atoms with Crippen molar-refractivity contribution in [3.05, 3.63) is 62.5 Å². The summed E-state index contributed by atoms with van der Waals surface area (Å²) in [6.07, 6.45) is 0. The van der Waals surface area contributed by atoms with Crippen LogP contribution in [0.5, 0.6) is 5.75 Å². The molecule has 3 rings (SSSR count). The number of hydrogen-bond acceptors (Lipinski definition) is 3. The number of fused-ring (bicyclic) bond motifs is 1. The van der Waals surface area contributed by atoms with Gasteiger partial charge in [0.05, 0.1) is 14.6 Å². The molecule has 2 nitrogen and oxygen atoms in total. The molecule has 1 heterocycles. The van der Waals surface area contributed by atoms with Crippen molar-refractivity contribution >= 4 is 38.8 Å². The number of hydrogen-bond donors (Lipinski definition) is 1. The minimum atomic E-state index is -0.805. The van der Waals surface area contributed by atoms with Gasteiger partial charge in [0.1, 0.15) is 5.82 Å². The quantitative estimate of drug-likeness (QED) is 0.628. The van der Waals surface area contributed by atoms with Crippen LogP contribution in [0.15, 0.2) is 24.3 Å². The molecule has 3 aromatic rings. The Morgan fingerprint density at radius 3 is 2.39 bits per heavy atom. The summed E-state index contributed by atoms with van der Waals surface area (Å²) in [5.41, 5.74) is 1.33. The second kappa shape index (κ2) is 5.58. The molecule has 0 fully saturated rings. The van der Waals surface area contributed by atoms with E-state index >= 15 is 0 Å². The van der Waals surface area contributed by atoms with E-state index in [4.69, 9.17) is 11.6 Å². The standard InChI is InChI=1S/C17H11ClF2O2S/c1-7-5-9(19)6-8(2)12(7)15(22)17-13(18)10-3-4-11(21)14(20)16(10)23-17/h3-6,21H,1-2H3. The third kappa shape index (κ3) is 2.50. The first-order valence-corrected chi connectivity index (χ1v) is 7.91. The lowest BCUT2D eigenvalue weighted by molar-refractivity contribution is 0.104. The summed E-state index contributed by atoms with van der Waals surface area (Å²) in [5.74, 6) is -2.11. The molecule has 2 aromatic carbocycles. The third-order valence-corrected chi connectivity index (χ3v) is 5.35. The van der Waals surface area contributed by atoms with Crippen LogP contribution in [0.1, 0.15) is 26.4 Å². The molecular formula is C17H11ClF2O2S. The molecule has 0 radical (unpaired) electrons. The zero-order valence-corrected chi connectivity index (χ0v) is 13.8. The van der Waals surface area contributed by atoms with Gasteiger partial charge in [-0.2, -0.15) is 0 Å². The molecule has 0 saturated carbocycles. The monoisotopic (exact) mass is 352 g/mol. The fraction of sp³-hybridized carbons (Fsp3) is 0.118. The molecule has 1 aromatic heterocycles. The van der Waals surface area contributed by atoms with Crippen molar-refractivity contribution in [1.82, 2.24) is 0 Å². The Bertz CT molecular complexity index is 940. The van der Waals surface area contributed by atoms with E-state index in [9.17, 15) is 18.7 Å². The number of aryl methyl sites for hydroxylation is 2. The van der Waals surface area contributed by atoms with Crippen molar-refractivity contribution in [2.45, 2.75) is 13.8 Å². The molecule has 0 unspecified atom stereocenters. The second-order valence-corrected chi connectivity index (χ2v) is 6.66. The van der Waals surface area contributed by atoms with E-state index in [1.807, 2.05) is 0 Å². The summed E-state index contributed by atoms with van der Waals surface area (Å²) in [4.78, 5) is 13.0. The molecule has 0 aliphatic heterocycles. The lowest BCUT2D eigenvalue weighted by atomic mass is 9.98. The predicted molar refractivity (Wildman–Crippen MR) is 87.8 cm³/mol. The van der Waals surface area contributed by atoms with Crippen molar-refractivity contribution in [3.8, 4) is 5.75 Å². The number of rotatable bonds is 2. The topological polar surface area (TPSA) is 37.3 Å². The molecule has 1 N–H and O–H groups in total. The lowest BCUT2D eigenvalue weighted by Gasteiger charge is -2.08. The van der Waals surface area contributed by atoms with Gasteiger partial charge in [0, 0.05) is 10.9 Å². The van der Waals surface area contributed by atoms with Gasteiger partial charge in [-0.1, -0.05) is 11.6 Å². The molecule has 0 bridgehead atoms. The number of phenols is 1. The highest BCUT2D eigenvalue weighted by Gasteiger charge is 2.24. The molecule has 23 heavy (non-hydrogen) atoms. The van der Waals surface area contributed by atoms with Crippen LogP contribution in [0.2, 0.25) is 5.02 Å². The molecular weight excluding hydrogens is 342 g/mol. The molecule has 0 atom stereocenters. The van der Waals surface area contributed by atoms with Crippen molar-refractivity contribution in [1.29, 1.82) is 0 Å². The number of aromatic hydroxyl groups is 1. The highest BCUT2D eigenvalue weighted by atomic mass is 35.5. The summed E-state index contributed by atoms with van der Waals surface area (Å²) in [7, 11) is 0. The summed E-state index contributed by atoms with van der Waals surface area (Å²) in [6, 6.07) is 5.20. The molecule has 0 spiro atoms. The van der Waals surface area contributed by atoms with E-state index in [0.29, 0.717) is 22.1 Å². The van der Waals surface area contributed by atoms with E-state index < -0.39 is 17.4 Å². The zero-order valence-electron chi connectivity index (χ0n) is 12.2. The highest BCUT2D eigenvalue weighted by molar-refractivity contribution is 7.21. The normalized spacial score (nSPS) is 11.2. The van der Waals surface area contributed by atoms with Crippen molar-refractivity contribution in [2.75, 3.05) is 0 Å². The molecule has 0 aliphatic rings. The minimum Gasteiger partial charge on any atom is -0.505 e. The van der Waals surface area contributed by atoms with Gasteiger partial charge in [-0.05, 0) is 49.2 Å². The van der Waals surface area contributed by atoms with Crippen LogP contribution >= 0.6 is 22.9 Å². The first-order valence-electron chi connectivity index (χ1n) is 6.72. The Kier molecular flexibility index (Phi) is 3.86. The van der Waals surface area contributed by atoms with Gasteiger partial charge in [0.15, 0.2) is 11.6 Å². The van der Waals surface area contributed by atoms with Gasteiger partial charge in [-0.3, -0.25) is 4.79 Å². The van der Waals surface area contributed by atoms with Crippen LogP contribution in [0.4, 0.5) is 8.78 Å². The first-order chi connectivity index (χ1) is 10.8. The van der Waals surface area contributed by atoms with E-state index in [2.05, 4.69) is 0 Å². The van der Waals surface area contributed by atoms with Gasteiger partial charge in [0.2, 0.25) is 5.78 Å². The minimum absolute atomic E-state index is 0.121. The first kappa shape index (κ1) is 15.9. The van der Waals surface area contributed by atoms with Gasteiger partial charge >= 0.3 is 0 Å². The number of benzene rings is 2. The number of carbonyl (C=O) groups excluding carboxylic acids is 1. The Morgan fingerprint density at radius 1 is 1.17 bits per heavy atom. The third-order valence-electron chi connectivity index (χ3n) is 3.65. The Hall–Kier alpha value is -1.98. The maximum Gasteiger partial charge on any atom is 0.205 e. The van der Waals surface area contributed by atoms with Crippen molar-refractivity contribution in [2.24, 2.45) is 0 Å². The smallest absolute Gasteiger partial charge is 0.205 e. The summed E-state index contributed by atoms with van der Waals surface area (Å²) < 4.78 is 27.5. The molecule has 6 heteroatoms. The predicted octanol–water partition coefficient (Wildman–Crippen LogP) is 5.39. The number of halogens is 3. The summed E-state index contributed by atoms with van der Waals surface area (Å²) in [5, 5.41) is 9.96. The Balaban J connectivity index is 2.24. The van der Waals surface area contributed by atoms with E-state index in [1.54, 1.807) is 13.8 Å². The zero-order chi connectivity index (χ0) is 16.9. The maximum absolute atomic E-state index is 14.0. The van der Waals surface area contributed by atoms with Crippen LogP contribution < -0.4 is 0 Å². The molecule has 0 saturated heterocycles. The SMILES string of the molecule is Cc1cc(F)cc(C)c1C(=O)c1sc2c(F)c(O)ccc2c1Cl. The van der Waals surface area contributed by atoms with E-state index in [1.165, 1.54) is 24.3 Å². The van der Waals surface area contributed by atoms with Gasteiger partial charge in [-0.15, -0.1) is 11.3 Å². The number of thiophene rings is 1. The van der Waals surface area contributed by atoms with Crippen LogP contribution in [0.25, 0.3) is 10.1 Å². The maximum atomic E-state index is 14.0. The van der Waals surface area contributed by atoms with E-state index in [0.717, 1.165) is 11.3 Å². The van der Waals surface area contributed by atoms with Crippen LogP contribution in [-0.4, -0.2) is 10.9 Å². The van der Waals surface area contributed by atoms with Gasteiger partial charge in [-0.25, -0.2) is 8.78 Å². The van der Waals surface area contributed by atoms with Crippen molar-refractivity contribution < 1.29 is 18.7 Å². The lowest BCUT2D eigenvalue weighted by Crippen LogP contribution is -2.05. The molecule has 0 aliphatic carbocycles. The Labute approximate surface area is 139 Å². The van der Waals surface area contributed by atoms with Crippen LogP contribution in [0, 0.1) is 25.5 Å². The van der Waals surface area contributed by atoms with Crippen LogP contribution in [-0.2, 0) is 0 Å². The largest absolute Gasteiger partial charge is 0.505 e. The van der Waals surface area contributed by atoms with Crippen LogP contribution in [0.3, 0.4) is 0 Å². The van der Waals surface area contributed by atoms with E-state index in [-0.39, 0.29) is 20.4 Å².